The van der Waals surface area contributed by atoms with E-state index in [1.165, 1.54) is 0 Å². The van der Waals surface area contributed by atoms with Crippen LogP contribution in [0.4, 0.5) is 0 Å². The molecule has 32 heavy (non-hydrogen) atoms. The monoisotopic (exact) mass is 465 g/mol. The van der Waals surface area contributed by atoms with Gasteiger partial charge in [-0.25, -0.2) is 4.98 Å². The maximum atomic E-state index is 12.9. The van der Waals surface area contributed by atoms with E-state index >= 15 is 0 Å². The first-order chi connectivity index (χ1) is 15.1. The Labute approximate surface area is 213 Å². The Bertz CT molecular complexity index is 1060. The number of fused-ring (bicyclic) bond motifs is 1. The van der Waals surface area contributed by atoms with Crippen molar-refractivity contribution in [1.82, 2.24) is 15.0 Å². The number of benzene rings is 1. The van der Waals surface area contributed by atoms with Gasteiger partial charge in [-0.1, -0.05) is 12.1 Å². The number of H-pyrrole nitrogens is 1. The van der Waals surface area contributed by atoms with Gasteiger partial charge in [0.2, 0.25) is 0 Å². The third kappa shape index (κ3) is 5.11. The molecule has 1 atom stereocenters. The molecule has 166 valence electrons. The van der Waals surface area contributed by atoms with Crippen LogP contribution in [0.15, 0.2) is 41.7 Å². The summed E-state index contributed by atoms with van der Waals surface area (Å²) in [5, 5.41) is 0.473. The fourth-order valence-corrected chi connectivity index (χ4v) is 5.47. The Balaban J connectivity index is 0.00000153. The van der Waals surface area contributed by atoms with Gasteiger partial charge in [0, 0.05) is 24.6 Å². The van der Waals surface area contributed by atoms with E-state index in [2.05, 4.69) is 15.0 Å². The molecule has 1 saturated carbocycles. The van der Waals surface area contributed by atoms with Crippen molar-refractivity contribution in [2.75, 3.05) is 19.8 Å². The molecule has 2 fully saturated rings. The molecule has 0 amide bonds. The Hall–Kier alpha value is -1.29. The molecule has 3 heterocycles. The number of para-hydroxylation sites is 2. The number of imidazole rings is 1. The average molecular weight is 466 g/mol. The number of pyridine rings is 1. The van der Waals surface area contributed by atoms with E-state index in [-0.39, 0.29) is 36.8 Å². The molecule has 5 rings (SSSR count). The van der Waals surface area contributed by atoms with E-state index in [0.717, 1.165) is 53.7 Å². The van der Waals surface area contributed by atoms with E-state index in [1.54, 1.807) is 6.20 Å². The number of nitrogens with zero attached hydrogens (tertiary/aromatic N) is 2. The summed E-state index contributed by atoms with van der Waals surface area (Å²) < 4.78 is 30.7. The summed E-state index contributed by atoms with van der Waals surface area (Å²) >= 11 is 0. The average Bonchev–Trinajstić information content (AvgIpc) is 3.43. The van der Waals surface area contributed by atoms with Crippen LogP contribution in [0.5, 0.6) is 5.75 Å². The first-order valence-corrected chi connectivity index (χ1v) is 12.1. The van der Waals surface area contributed by atoms with Gasteiger partial charge in [-0.3, -0.25) is 9.19 Å². The van der Waals surface area contributed by atoms with Crippen molar-refractivity contribution in [2.24, 2.45) is 5.92 Å². The molecule has 2 aromatic heterocycles. The maximum Gasteiger partial charge on any atom is 1.00 e. The predicted octanol–water partition coefficient (Wildman–Crippen LogP) is 1.00. The van der Waals surface area contributed by atoms with Gasteiger partial charge in [-0.05, 0) is 43.9 Å². The molecule has 1 spiro atoms. The van der Waals surface area contributed by atoms with Crippen LogP contribution in [0.1, 0.15) is 38.4 Å². The van der Waals surface area contributed by atoms with Crippen LogP contribution in [0.25, 0.3) is 11.0 Å². The van der Waals surface area contributed by atoms with Gasteiger partial charge in [0.25, 0.3) is 0 Å². The molecule has 1 aliphatic heterocycles. The van der Waals surface area contributed by atoms with Crippen molar-refractivity contribution in [3.8, 4) is 5.75 Å². The second-order valence-corrected chi connectivity index (χ2v) is 9.66. The zero-order valence-corrected chi connectivity index (χ0v) is 21.5. The molecule has 0 bridgehead atoms. The fraction of sp³-hybridized carbons (Fsp3) is 0.478. The minimum Gasteiger partial charge on any atom is -1.00 e. The molecule has 9 heteroatoms. The minimum absolute atomic E-state index is 0. The van der Waals surface area contributed by atoms with Crippen molar-refractivity contribution in [3.05, 3.63) is 47.8 Å². The first-order valence-electron chi connectivity index (χ1n) is 10.8. The van der Waals surface area contributed by atoms with Gasteiger partial charge >= 0.3 is 29.6 Å². The zero-order chi connectivity index (χ0) is 21.3. The minimum atomic E-state index is -1.31. The molecule has 1 unspecified atom stereocenters. The number of hydrogen-bond donors (Lipinski definition) is 1. The summed E-state index contributed by atoms with van der Waals surface area (Å²) in [5.41, 5.74) is 3.40. The number of aromatic amines is 1. The van der Waals surface area contributed by atoms with Crippen molar-refractivity contribution in [3.63, 3.8) is 0 Å². The second kappa shape index (κ2) is 10.3. The Kier molecular flexibility index (Phi) is 7.69. The summed E-state index contributed by atoms with van der Waals surface area (Å²) in [4.78, 5) is 12.1. The Morgan fingerprint density at radius 1 is 1.22 bits per heavy atom. The van der Waals surface area contributed by atoms with Crippen LogP contribution in [-0.4, -0.2) is 44.8 Å². The van der Waals surface area contributed by atoms with Crippen LogP contribution >= 0.6 is 0 Å². The van der Waals surface area contributed by atoms with Crippen LogP contribution in [0.2, 0.25) is 0 Å². The van der Waals surface area contributed by atoms with E-state index in [1.807, 2.05) is 37.3 Å². The van der Waals surface area contributed by atoms with Crippen molar-refractivity contribution in [2.45, 2.75) is 49.3 Å². The normalized spacial score (nSPS) is 19.2. The quantitative estimate of drug-likeness (QED) is 0.547. The summed E-state index contributed by atoms with van der Waals surface area (Å²) in [6, 6.07) is 9.57. The SMILES string of the molecule is Cc1c(OCC2CCC3(CC2)OCCO3)ccnc1CS(=O)c1nc2ccccc2[nH]1.[H-].[Na+]. The summed E-state index contributed by atoms with van der Waals surface area (Å²) in [6.45, 7) is 4.04. The summed E-state index contributed by atoms with van der Waals surface area (Å²) in [7, 11) is -1.31. The summed E-state index contributed by atoms with van der Waals surface area (Å²) in [6.07, 6.45) is 5.65. The van der Waals surface area contributed by atoms with E-state index in [0.29, 0.717) is 36.6 Å². The number of hydrogen-bond acceptors (Lipinski definition) is 6. The van der Waals surface area contributed by atoms with E-state index in [9.17, 15) is 4.21 Å². The largest absolute Gasteiger partial charge is 1.00 e. The maximum absolute atomic E-state index is 12.9. The fourth-order valence-electron chi connectivity index (χ4n) is 4.37. The van der Waals surface area contributed by atoms with Gasteiger partial charge in [-0.2, -0.15) is 0 Å². The molecule has 2 aliphatic rings. The van der Waals surface area contributed by atoms with Crippen LogP contribution in [0, 0.1) is 12.8 Å². The van der Waals surface area contributed by atoms with Crippen LogP contribution in [0.3, 0.4) is 0 Å². The molecular weight excluding hydrogens is 437 g/mol. The third-order valence-corrected chi connectivity index (χ3v) is 7.43. The van der Waals surface area contributed by atoms with Gasteiger partial charge in [0.1, 0.15) is 5.75 Å². The first kappa shape index (κ1) is 23.9. The zero-order valence-electron chi connectivity index (χ0n) is 19.6. The second-order valence-electron chi connectivity index (χ2n) is 8.29. The van der Waals surface area contributed by atoms with Gasteiger partial charge in [-0.15, -0.1) is 0 Å². The number of ether oxygens (including phenoxy) is 3. The molecule has 1 N–H and O–H groups in total. The Morgan fingerprint density at radius 2 is 1.97 bits per heavy atom. The van der Waals surface area contributed by atoms with Crippen LogP contribution < -0.4 is 34.3 Å². The molecule has 1 aliphatic carbocycles. The third-order valence-electron chi connectivity index (χ3n) is 6.26. The standard InChI is InChI=1S/C23H27N3O4S.Na.H/c1-16-20(15-31(27)22-25-18-4-2-3-5-19(18)26-22)24-11-8-21(16)28-14-17-6-9-23(10-7-17)29-12-13-30-23;;/h2-5,8,11,17H,6-7,9-10,12-15H2,1H3,(H,25,26);;/q;+1;-1. The number of aromatic nitrogens is 3. The number of rotatable bonds is 6. The molecule has 1 aromatic carbocycles. The van der Waals surface area contributed by atoms with Crippen molar-refractivity contribution >= 4 is 21.8 Å². The smallest absolute Gasteiger partial charge is 1.00 e. The van der Waals surface area contributed by atoms with Gasteiger partial charge < -0.3 is 20.6 Å². The Morgan fingerprint density at radius 3 is 2.72 bits per heavy atom. The molecule has 3 aromatic rings. The molecule has 0 radical (unpaired) electrons. The molecule has 7 nitrogen and oxygen atoms in total. The van der Waals surface area contributed by atoms with Crippen molar-refractivity contribution < 1.29 is 49.4 Å². The molecular formula is C23H28N3NaO4S. The topological polar surface area (TPSA) is 86.3 Å². The van der Waals surface area contributed by atoms with E-state index < -0.39 is 10.8 Å². The number of nitrogens with one attached hydrogen (secondary N) is 1. The van der Waals surface area contributed by atoms with Crippen molar-refractivity contribution in [1.29, 1.82) is 0 Å². The summed E-state index contributed by atoms with van der Waals surface area (Å²) in [5.74, 6) is 1.25. The van der Waals surface area contributed by atoms with E-state index in [4.69, 9.17) is 14.2 Å². The van der Waals surface area contributed by atoms with Crippen LogP contribution in [-0.2, 0) is 26.0 Å². The predicted molar refractivity (Wildman–Crippen MR) is 118 cm³/mol. The van der Waals surface area contributed by atoms with Gasteiger partial charge in [0.05, 0.1) is 53.1 Å². The van der Waals surface area contributed by atoms with Gasteiger partial charge in [0.15, 0.2) is 10.9 Å². The molecule has 1 saturated heterocycles.